The van der Waals surface area contributed by atoms with E-state index < -0.39 is 5.82 Å². The van der Waals surface area contributed by atoms with Gasteiger partial charge in [0.05, 0.1) is 17.0 Å². The fourth-order valence-corrected chi connectivity index (χ4v) is 3.14. The van der Waals surface area contributed by atoms with Crippen LogP contribution in [0.1, 0.15) is 31.7 Å². The number of halogens is 2. The van der Waals surface area contributed by atoms with Crippen LogP contribution in [-0.2, 0) is 0 Å². The highest BCUT2D eigenvalue weighted by Crippen LogP contribution is 2.38. The van der Waals surface area contributed by atoms with E-state index in [9.17, 15) is 14.8 Å². The van der Waals surface area contributed by atoms with Crippen LogP contribution in [0, 0.1) is 28.5 Å². The number of hydrogen-bond donors (Lipinski definition) is 2. The summed E-state index contributed by atoms with van der Waals surface area (Å²) in [6.45, 7) is 4.51. The molecule has 1 aromatic carbocycles. The van der Waals surface area contributed by atoms with Crippen LogP contribution < -0.4 is 5.32 Å². The molecule has 0 spiro atoms. The quantitative estimate of drug-likeness (QED) is 0.898. The zero-order chi connectivity index (χ0) is 15.6. The van der Waals surface area contributed by atoms with Crippen molar-refractivity contribution in [3.63, 3.8) is 0 Å². The fraction of sp³-hybridized carbons (Fsp3) is 0.562. The molecular weight excluding hydrogens is 291 g/mol. The monoisotopic (exact) mass is 310 g/mol. The molecule has 21 heavy (non-hydrogen) atoms. The van der Waals surface area contributed by atoms with E-state index in [0.717, 1.165) is 0 Å². The molecule has 1 aliphatic heterocycles. The SMILES string of the molecule is CC(C)(CO)CC1NCC(c2cccc(Cl)c2F)C1C#N. The zero-order valence-corrected chi connectivity index (χ0v) is 13.0. The molecule has 114 valence electrons. The van der Waals surface area contributed by atoms with E-state index in [-0.39, 0.29) is 34.9 Å². The lowest BCUT2D eigenvalue weighted by Gasteiger charge is -2.27. The summed E-state index contributed by atoms with van der Waals surface area (Å²) >= 11 is 5.84. The Morgan fingerprint density at radius 2 is 2.24 bits per heavy atom. The second-order valence-electron chi connectivity index (χ2n) is 6.45. The van der Waals surface area contributed by atoms with Gasteiger partial charge in [-0.15, -0.1) is 0 Å². The molecule has 1 heterocycles. The number of benzene rings is 1. The lowest BCUT2D eigenvalue weighted by molar-refractivity contribution is 0.135. The minimum Gasteiger partial charge on any atom is -0.396 e. The van der Waals surface area contributed by atoms with Gasteiger partial charge in [0.2, 0.25) is 0 Å². The van der Waals surface area contributed by atoms with Gasteiger partial charge in [-0.05, 0) is 23.5 Å². The van der Waals surface area contributed by atoms with Gasteiger partial charge in [0.25, 0.3) is 0 Å². The zero-order valence-electron chi connectivity index (χ0n) is 12.2. The first kappa shape index (κ1) is 16.2. The Morgan fingerprint density at radius 1 is 1.52 bits per heavy atom. The van der Waals surface area contributed by atoms with E-state index in [1.165, 1.54) is 6.07 Å². The molecule has 5 heteroatoms. The number of aliphatic hydroxyl groups is 1. The highest BCUT2D eigenvalue weighted by molar-refractivity contribution is 6.30. The lowest BCUT2D eigenvalue weighted by atomic mass is 9.79. The highest BCUT2D eigenvalue weighted by atomic mass is 35.5. The molecule has 2 rings (SSSR count). The summed E-state index contributed by atoms with van der Waals surface area (Å²) in [5.41, 5.74) is 0.222. The molecule has 3 nitrogen and oxygen atoms in total. The summed E-state index contributed by atoms with van der Waals surface area (Å²) in [5.74, 6) is -0.981. The Labute approximate surface area is 129 Å². The van der Waals surface area contributed by atoms with Crippen molar-refractivity contribution in [2.24, 2.45) is 11.3 Å². The molecule has 2 N–H and O–H groups in total. The third kappa shape index (κ3) is 3.37. The summed E-state index contributed by atoms with van der Waals surface area (Å²) in [4.78, 5) is 0. The standard InChI is InChI=1S/C16H20ClFN2O/c1-16(2,9-21)6-14-11(7-19)12(8-20-14)10-4-3-5-13(17)15(10)18/h3-5,11-12,14,20-21H,6,8-9H2,1-2H3. The van der Waals surface area contributed by atoms with Crippen LogP contribution >= 0.6 is 11.6 Å². The first-order chi connectivity index (χ1) is 9.89. The predicted molar refractivity (Wildman–Crippen MR) is 80.5 cm³/mol. The van der Waals surface area contributed by atoms with Crippen molar-refractivity contribution in [1.82, 2.24) is 5.32 Å². The number of nitrogens with one attached hydrogen (secondary N) is 1. The molecule has 1 fully saturated rings. The molecule has 0 radical (unpaired) electrons. The van der Waals surface area contributed by atoms with Crippen LogP contribution in [0.15, 0.2) is 18.2 Å². The van der Waals surface area contributed by atoms with Crippen molar-refractivity contribution in [2.75, 3.05) is 13.2 Å². The molecule has 0 aliphatic carbocycles. The van der Waals surface area contributed by atoms with E-state index >= 15 is 0 Å². The summed E-state index contributed by atoms with van der Waals surface area (Å²) in [6, 6.07) is 7.16. The minimum absolute atomic E-state index is 0.0551. The molecule has 3 atom stereocenters. The second-order valence-corrected chi connectivity index (χ2v) is 6.85. The van der Waals surface area contributed by atoms with Crippen LogP contribution in [0.5, 0.6) is 0 Å². The van der Waals surface area contributed by atoms with Crippen LogP contribution in [-0.4, -0.2) is 24.3 Å². The number of hydrogen-bond acceptors (Lipinski definition) is 3. The van der Waals surface area contributed by atoms with Crippen molar-refractivity contribution >= 4 is 11.6 Å². The minimum atomic E-state index is -0.437. The van der Waals surface area contributed by atoms with Gasteiger partial charge in [-0.3, -0.25) is 0 Å². The van der Waals surface area contributed by atoms with E-state index in [4.69, 9.17) is 11.6 Å². The highest BCUT2D eigenvalue weighted by Gasteiger charge is 2.40. The Bertz CT molecular complexity index is 556. The van der Waals surface area contributed by atoms with Crippen molar-refractivity contribution < 1.29 is 9.50 Å². The molecule has 1 saturated heterocycles. The van der Waals surface area contributed by atoms with Gasteiger partial charge in [-0.2, -0.15) is 5.26 Å². The lowest BCUT2D eigenvalue weighted by Crippen LogP contribution is -2.34. The molecule has 0 bridgehead atoms. The Hall–Kier alpha value is -1.15. The topological polar surface area (TPSA) is 56.0 Å². The number of aliphatic hydroxyl groups excluding tert-OH is 1. The van der Waals surface area contributed by atoms with Crippen LogP contribution in [0.25, 0.3) is 0 Å². The maximum Gasteiger partial charge on any atom is 0.145 e. The van der Waals surface area contributed by atoms with Gasteiger partial charge in [-0.25, -0.2) is 4.39 Å². The fourth-order valence-electron chi connectivity index (χ4n) is 2.96. The van der Waals surface area contributed by atoms with Gasteiger partial charge in [0.1, 0.15) is 5.82 Å². The first-order valence-corrected chi connectivity index (χ1v) is 7.45. The van der Waals surface area contributed by atoms with Gasteiger partial charge >= 0.3 is 0 Å². The average Bonchev–Trinajstić information content (AvgIpc) is 2.83. The van der Waals surface area contributed by atoms with Gasteiger partial charge in [0.15, 0.2) is 0 Å². The van der Waals surface area contributed by atoms with E-state index in [1.54, 1.807) is 12.1 Å². The smallest absolute Gasteiger partial charge is 0.145 e. The normalized spacial score (nSPS) is 25.8. The molecule has 0 aromatic heterocycles. The van der Waals surface area contributed by atoms with E-state index in [1.807, 2.05) is 13.8 Å². The summed E-state index contributed by atoms with van der Waals surface area (Å²) < 4.78 is 14.2. The van der Waals surface area contributed by atoms with Gasteiger partial charge in [-0.1, -0.05) is 37.6 Å². The predicted octanol–water partition coefficient (Wildman–Crippen LogP) is 3.08. The molecule has 1 aliphatic rings. The van der Waals surface area contributed by atoms with Crippen molar-refractivity contribution in [3.05, 3.63) is 34.6 Å². The molecular formula is C16H20ClFN2O. The summed E-state index contributed by atoms with van der Waals surface area (Å²) in [7, 11) is 0. The van der Waals surface area contributed by atoms with Gasteiger partial charge < -0.3 is 10.4 Å². The van der Waals surface area contributed by atoms with Crippen LogP contribution in [0.4, 0.5) is 4.39 Å². The molecule has 1 aromatic rings. The molecule has 0 saturated carbocycles. The van der Waals surface area contributed by atoms with Crippen LogP contribution in [0.3, 0.4) is 0 Å². The van der Waals surface area contributed by atoms with Crippen molar-refractivity contribution in [1.29, 1.82) is 5.26 Å². The summed E-state index contributed by atoms with van der Waals surface area (Å²) in [6.07, 6.45) is 0.667. The molecule has 3 unspecified atom stereocenters. The van der Waals surface area contributed by atoms with E-state index in [2.05, 4.69) is 11.4 Å². The largest absolute Gasteiger partial charge is 0.396 e. The number of nitrogens with zero attached hydrogens (tertiary/aromatic N) is 1. The number of nitriles is 1. The second kappa shape index (κ2) is 6.31. The van der Waals surface area contributed by atoms with Crippen molar-refractivity contribution in [3.8, 4) is 6.07 Å². The third-order valence-electron chi connectivity index (χ3n) is 4.20. The van der Waals surface area contributed by atoms with Crippen molar-refractivity contribution in [2.45, 2.75) is 32.2 Å². The Kier molecular flexibility index (Phi) is 4.88. The third-order valence-corrected chi connectivity index (χ3v) is 4.49. The maximum atomic E-state index is 14.2. The van der Waals surface area contributed by atoms with E-state index in [0.29, 0.717) is 18.5 Å². The average molecular weight is 311 g/mol. The first-order valence-electron chi connectivity index (χ1n) is 7.07. The Morgan fingerprint density at radius 3 is 2.86 bits per heavy atom. The Balaban J connectivity index is 2.24. The number of rotatable bonds is 4. The van der Waals surface area contributed by atoms with Gasteiger partial charge in [0, 0.05) is 25.1 Å². The van der Waals surface area contributed by atoms with Crippen LogP contribution in [0.2, 0.25) is 5.02 Å². The molecule has 0 amide bonds. The summed E-state index contributed by atoms with van der Waals surface area (Å²) in [5, 5.41) is 22.3. The maximum absolute atomic E-state index is 14.2.